The van der Waals surface area contributed by atoms with E-state index in [4.69, 9.17) is 0 Å². The Balaban J connectivity index is 1.42. The number of H-pyrrole nitrogens is 1. The molecule has 5 heterocycles. The van der Waals surface area contributed by atoms with E-state index < -0.39 is 0 Å². The molecule has 2 aromatic heterocycles. The number of urea groups is 1. The van der Waals surface area contributed by atoms with Crippen molar-refractivity contribution >= 4 is 27.6 Å². The van der Waals surface area contributed by atoms with Crippen LogP contribution in [0, 0.1) is 5.92 Å². The number of nitrogens with zero attached hydrogens (tertiary/aromatic N) is 3. The number of fused-ring (bicyclic) bond motifs is 4. The zero-order valence-corrected chi connectivity index (χ0v) is 14.4. The second-order valence-corrected chi connectivity index (χ2v) is 7.61. The first kappa shape index (κ1) is 15.6. The molecule has 3 fully saturated rings. The Morgan fingerprint density at radius 2 is 2.29 bits per heavy atom. The maximum Gasteiger partial charge on any atom is 0.317 e. The van der Waals surface area contributed by atoms with E-state index in [1.165, 1.54) is 24.2 Å². The van der Waals surface area contributed by atoms with Crippen LogP contribution in [-0.2, 0) is 6.54 Å². The van der Waals surface area contributed by atoms with Crippen LogP contribution in [0.1, 0.15) is 18.7 Å². The Morgan fingerprint density at radius 3 is 3.00 bits per heavy atom. The normalized spacial score (nSPS) is 25.8. The van der Waals surface area contributed by atoms with Gasteiger partial charge in [-0.3, -0.25) is 4.79 Å². The minimum absolute atomic E-state index is 0.109. The van der Waals surface area contributed by atoms with Gasteiger partial charge in [-0.2, -0.15) is 0 Å². The summed E-state index contributed by atoms with van der Waals surface area (Å²) in [5, 5.41) is 4.99. The molecule has 7 nitrogen and oxygen atoms in total. The molecule has 8 heteroatoms. The predicted octanol–water partition coefficient (Wildman–Crippen LogP) is 1.22. The van der Waals surface area contributed by atoms with Crippen LogP contribution in [0.25, 0.3) is 10.2 Å². The van der Waals surface area contributed by atoms with Crippen molar-refractivity contribution in [1.82, 2.24) is 25.1 Å². The summed E-state index contributed by atoms with van der Waals surface area (Å²) < 4.78 is 0.623. The summed E-state index contributed by atoms with van der Waals surface area (Å²) in [6, 6.07) is 1.95. The van der Waals surface area contributed by atoms with Gasteiger partial charge in [0, 0.05) is 19.6 Å². The summed E-state index contributed by atoms with van der Waals surface area (Å²) in [4.78, 5) is 35.7. The standard InChI is InChI=1S/C16H21N5O2S/c1-20(9-13-17-11-4-7-24-14(11)15(22)19-13)16(23)18-12-8-21-5-2-10(12)3-6-21/h4,7,10,12H,2-3,5-6,8-9H2,1H3,(H,18,23)(H,17,19,22). The summed E-state index contributed by atoms with van der Waals surface area (Å²) in [5.41, 5.74) is 0.543. The van der Waals surface area contributed by atoms with Crippen LogP contribution >= 0.6 is 11.3 Å². The second kappa shape index (κ2) is 6.18. The van der Waals surface area contributed by atoms with Gasteiger partial charge in [-0.25, -0.2) is 9.78 Å². The molecule has 3 aliphatic rings. The molecule has 1 atom stereocenters. The maximum absolute atomic E-state index is 12.5. The van der Waals surface area contributed by atoms with Crippen LogP contribution in [0.15, 0.2) is 16.2 Å². The quantitative estimate of drug-likeness (QED) is 0.875. The van der Waals surface area contributed by atoms with Gasteiger partial charge in [0.05, 0.1) is 12.1 Å². The van der Waals surface area contributed by atoms with E-state index in [1.807, 2.05) is 11.4 Å². The monoisotopic (exact) mass is 347 g/mol. The van der Waals surface area contributed by atoms with Gasteiger partial charge in [0.1, 0.15) is 10.5 Å². The SMILES string of the molecule is CN(Cc1nc2ccsc2c(=O)[nH]1)C(=O)NC1CN2CCC1CC2. The molecule has 0 aromatic carbocycles. The molecule has 0 aliphatic carbocycles. The number of rotatable bonds is 3. The Kier molecular flexibility index (Phi) is 4.01. The summed E-state index contributed by atoms with van der Waals surface area (Å²) in [5.74, 6) is 1.10. The number of hydrogen-bond donors (Lipinski definition) is 2. The van der Waals surface area contributed by atoms with E-state index in [0.29, 0.717) is 22.0 Å². The number of thiophene rings is 1. The number of aromatic amines is 1. The number of carbonyl (C=O) groups is 1. The molecule has 2 aromatic rings. The fourth-order valence-corrected chi connectivity index (χ4v) is 4.42. The lowest BCUT2D eigenvalue weighted by atomic mass is 9.84. The fourth-order valence-electron chi connectivity index (χ4n) is 3.69. The maximum atomic E-state index is 12.5. The summed E-state index contributed by atoms with van der Waals surface area (Å²) >= 11 is 1.37. The van der Waals surface area contributed by atoms with Crippen LogP contribution in [0.4, 0.5) is 4.79 Å². The Morgan fingerprint density at radius 1 is 1.50 bits per heavy atom. The lowest BCUT2D eigenvalue weighted by molar-refractivity contribution is 0.0735. The zero-order valence-electron chi connectivity index (χ0n) is 13.6. The van der Waals surface area contributed by atoms with E-state index in [1.54, 1.807) is 11.9 Å². The first-order valence-corrected chi connectivity index (χ1v) is 9.18. The van der Waals surface area contributed by atoms with Gasteiger partial charge in [-0.15, -0.1) is 11.3 Å². The molecule has 2 amide bonds. The number of piperidine rings is 3. The minimum atomic E-state index is -0.142. The van der Waals surface area contributed by atoms with Crippen LogP contribution in [0.3, 0.4) is 0 Å². The van der Waals surface area contributed by atoms with Gasteiger partial charge in [0.2, 0.25) is 0 Å². The van der Waals surface area contributed by atoms with E-state index in [-0.39, 0.29) is 24.2 Å². The highest BCUT2D eigenvalue weighted by Crippen LogP contribution is 2.27. The van der Waals surface area contributed by atoms with Crippen molar-refractivity contribution in [2.24, 2.45) is 5.92 Å². The molecule has 0 spiro atoms. The number of aromatic nitrogens is 2. The van der Waals surface area contributed by atoms with Gasteiger partial charge in [0.25, 0.3) is 5.56 Å². The highest BCUT2D eigenvalue weighted by molar-refractivity contribution is 7.17. The van der Waals surface area contributed by atoms with Crippen molar-refractivity contribution in [2.75, 3.05) is 26.7 Å². The molecule has 24 heavy (non-hydrogen) atoms. The van der Waals surface area contributed by atoms with E-state index in [9.17, 15) is 9.59 Å². The predicted molar refractivity (Wildman–Crippen MR) is 93.2 cm³/mol. The Bertz CT molecular complexity index is 808. The number of amides is 2. The average Bonchev–Trinajstić information content (AvgIpc) is 3.05. The molecular weight excluding hydrogens is 326 g/mol. The topological polar surface area (TPSA) is 81.3 Å². The van der Waals surface area contributed by atoms with Gasteiger partial charge in [-0.1, -0.05) is 0 Å². The van der Waals surface area contributed by atoms with Gasteiger partial charge in [-0.05, 0) is 43.3 Å². The van der Waals surface area contributed by atoms with Crippen LogP contribution < -0.4 is 10.9 Å². The van der Waals surface area contributed by atoms with Crippen molar-refractivity contribution < 1.29 is 4.79 Å². The molecular formula is C16H21N5O2S. The van der Waals surface area contributed by atoms with Gasteiger partial charge >= 0.3 is 6.03 Å². The highest BCUT2D eigenvalue weighted by atomic mass is 32.1. The second-order valence-electron chi connectivity index (χ2n) is 6.70. The zero-order chi connectivity index (χ0) is 16.7. The lowest BCUT2D eigenvalue weighted by Gasteiger charge is -2.45. The summed E-state index contributed by atoms with van der Waals surface area (Å²) in [7, 11) is 1.73. The largest absolute Gasteiger partial charge is 0.334 e. The van der Waals surface area contributed by atoms with Crippen molar-refractivity contribution in [3.8, 4) is 0 Å². The van der Waals surface area contributed by atoms with E-state index in [2.05, 4.69) is 20.2 Å². The first-order chi connectivity index (χ1) is 11.6. The third kappa shape index (κ3) is 2.91. The van der Waals surface area contributed by atoms with Crippen LogP contribution in [0.2, 0.25) is 0 Å². The highest BCUT2D eigenvalue weighted by Gasteiger charge is 2.35. The molecule has 0 saturated carbocycles. The molecule has 2 bridgehead atoms. The number of hydrogen-bond acceptors (Lipinski definition) is 5. The third-order valence-corrected chi connectivity index (χ3v) is 5.96. The third-order valence-electron chi connectivity index (χ3n) is 5.06. The number of carbonyl (C=O) groups excluding carboxylic acids is 1. The summed E-state index contributed by atoms with van der Waals surface area (Å²) in [6.45, 7) is 3.53. The smallest absolute Gasteiger partial charge is 0.317 e. The Labute approximate surface area is 143 Å². The molecule has 5 rings (SSSR count). The fraction of sp³-hybridized carbons (Fsp3) is 0.562. The molecule has 3 aliphatic heterocycles. The number of nitrogens with one attached hydrogen (secondary N) is 2. The average molecular weight is 347 g/mol. The van der Waals surface area contributed by atoms with Gasteiger partial charge in [0.15, 0.2) is 0 Å². The van der Waals surface area contributed by atoms with Crippen molar-refractivity contribution in [1.29, 1.82) is 0 Å². The molecule has 128 valence electrons. The summed E-state index contributed by atoms with van der Waals surface area (Å²) in [6.07, 6.45) is 2.33. The van der Waals surface area contributed by atoms with Crippen LogP contribution in [-0.4, -0.2) is 58.5 Å². The van der Waals surface area contributed by atoms with Crippen molar-refractivity contribution in [2.45, 2.75) is 25.4 Å². The first-order valence-electron chi connectivity index (χ1n) is 8.30. The molecule has 1 unspecified atom stereocenters. The van der Waals surface area contributed by atoms with Crippen molar-refractivity contribution in [3.05, 3.63) is 27.6 Å². The van der Waals surface area contributed by atoms with Crippen molar-refractivity contribution in [3.63, 3.8) is 0 Å². The minimum Gasteiger partial charge on any atom is -0.334 e. The molecule has 0 radical (unpaired) electrons. The molecule has 3 saturated heterocycles. The van der Waals surface area contributed by atoms with Crippen LogP contribution in [0.5, 0.6) is 0 Å². The Hall–Kier alpha value is -1.93. The van der Waals surface area contributed by atoms with E-state index >= 15 is 0 Å². The lowest BCUT2D eigenvalue weighted by Crippen LogP contribution is -2.58. The van der Waals surface area contributed by atoms with Gasteiger partial charge < -0.3 is 20.1 Å². The molecule has 2 N–H and O–H groups in total. The van der Waals surface area contributed by atoms with E-state index in [0.717, 1.165) is 19.6 Å².